The number of hydrogen-bond acceptors (Lipinski definition) is 3. The molecule has 2 saturated heterocycles. The van der Waals surface area contributed by atoms with E-state index in [9.17, 15) is 4.79 Å². The molecule has 1 amide bonds. The second-order valence-corrected chi connectivity index (χ2v) is 7.15. The summed E-state index contributed by atoms with van der Waals surface area (Å²) in [5.41, 5.74) is 0.552. The second-order valence-electron chi connectivity index (χ2n) is 7.15. The molecule has 3 aliphatic rings. The second kappa shape index (κ2) is 4.24. The van der Waals surface area contributed by atoms with Crippen LogP contribution in [-0.2, 0) is 9.31 Å². The van der Waals surface area contributed by atoms with Crippen LogP contribution in [0.3, 0.4) is 0 Å². The van der Waals surface area contributed by atoms with Crippen LogP contribution >= 0.6 is 0 Å². The predicted octanol–water partition coefficient (Wildman–Crippen LogP) is 2.17. The number of rotatable bonds is 1. The number of amides is 1. The molecule has 1 N–H and O–H groups in total. The Balaban J connectivity index is 1.70. The van der Waals surface area contributed by atoms with Crippen LogP contribution in [0.1, 0.15) is 34.1 Å². The Labute approximate surface area is 120 Å². The van der Waals surface area contributed by atoms with Gasteiger partial charge in [-0.2, -0.15) is 0 Å². The predicted molar refractivity (Wildman–Crippen MR) is 75.4 cm³/mol. The topological polar surface area (TPSA) is 59.0 Å². The molecule has 5 nitrogen and oxygen atoms in total. The third kappa shape index (κ3) is 2.06. The average Bonchev–Trinajstić information content (AvgIpc) is 2.88. The average molecular weight is 279 g/mol. The maximum Gasteiger partial charge on any atom is 0.490 e. The molecule has 2 fully saturated rings. The smallest absolute Gasteiger partial charge is 0.465 e. The summed E-state index contributed by atoms with van der Waals surface area (Å²) in [6, 6.07) is 0. The minimum Gasteiger partial charge on any atom is -0.465 e. The summed E-state index contributed by atoms with van der Waals surface area (Å²) in [5.74, 6) is 0.709. The highest BCUT2D eigenvalue weighted by Gasteiger charge is 2.54. The normalized spacial score (nSPS) is 34.3. The number of fused-ring (bicyclic) bond motifs is 1. The van der Waals surface area contributed by atoms with Crippen LogP contribution in [0.2, 0.25) is 0 Å². The molecule has 2 heterocycles. The van der Waals surface area contributed by atoms with Gasteiger partial charge in [0.2, 0.25) is 0 Å². The molecule has 1 aliphatic carbocycles. The van der Waals surface area contributed by atoms with Gasteiger partial charge in [-0.25, -0.2) is 4.79 Å². The lowest BCUT2D eigenvalue weighted by molar-refractivity contribution is 0.00578. The summed E-state index contributed by atoms with van der Waals surface area (Å²) in [6.45, 7) is 9.43. The lowest BCUT2D eigenvalue weighted by atomic mass is 9.77. The van der Waals surface area contributed by atoms with Crippen LogP contribution < -0.4 is 0 Å². The zero-order valence-corrected chi connectivity index (χ0v) is 12.5. The summed E-state index contributed by atoms with van der Waals surface area (Å²) in [6.07, 6.45) is 2.24. The molecular formula is C14H22BNO4. The lowest BCUT2D eigenvalue weighted by Gasteiger charge is -2.32. The van der Waals surface area contributed by atoms with Crippen LogP contribution in [-0.4, -0.2) is 47.5 Å². The van der Waals surface area contributed by atoms with Crippen molar-refractivity contribution in [3.05, 3.63) is 11.5 Å². The Hall–Kier alpha value is -1.01. The van der Waals surface area contributed by atoms with E-state index in [-0.39, 0.29) is 18.3 Å². The number of carboxylic acid groups (broad SMARTS) is 1. The lowest BCUT2D eigenvalue weighted by Crippen LogP contribution is -2.41. The molecule has 0 aromatic rings. The van der Waals surface area contributed by atoms with Gasteiger partial charge in [-0.15, -0.1) is 0 Å². The van der Waals surface area contributed by atoms with Crippen LogP contribution in [0, 0.1) is 11.8 Å². The van der Waals surface area contributed by atoms with E-state index in [4.69, 9.17) is 14.4 Å². The fraction of sp³-hybridized carbons (Fsp3) is 0.786. The fourth-order valence-corrected chi connectivity index (χ4v) is 3.27. The molecule has 6 heteroatoms. The number of likely N-dealkylation sites (tertiary alicyclic amines) is 1. The quantitative estimate of drug-likeness (QED) is 0.747. The first-order valence-corrected chi connectivity index (χ1v) is 7.24. The van der Waals surface area contributed by atoms with Crippen LogP contribution in [0.4, 0.5) is 4.79 Å². The van der Waals surface area contributed by atoms with E-state index in [1.54, 1.807) is 0 Å². The van der Waals surface area contributed by atoms with E-state index in [2.05, 4.69) is 33.8 Å². The third-order valence-corrected chi connectivity index (χ3v) is 5.24. The van der Waals surface area contributed by atoms with Crippen molar-refractivity contribution in [2.24, 2.45) is 11.8 Å². The van der Waals surface area contributed by atoms with Gasteiger partial charge in [-0.3, -0.25) is 0 Å². The van der Waals surface area contributed by atoms with Gasteiger partial charge in [-0.1, -0.05) is 6.08 Å². The van der Waals surface area contributed by atoms with Crippen LogP contribution in [0.5, 0.6) is 0 Å². The van der Waals surface area contributed by atoms with Gasteiger partial charge >= 0.3 is 13.2 Å². The fourth-order valence-electron chi connectivity index (χ4n) is 3.27. The molecule has 0 aromatic carbocycles. The first-order chi connectivity index (χ1) is 9.19. The van der Waals surface area contributed by atoms with E-state index in [0.29, 0.717) is 24.9 Å². The Morgan fingerprint density at radius 2 is 1.90 bits per heavy atom. The Bertz CT molecular complexity index is 458. The van der Waals surface area contributed by atoms with Crippen molar-refractivity contribution in [3.63, 3.8) is 0 Å². The van der Waals surface area contributed by atoms with Crippen LogP contribution in [0.25, 0.3) is 0 Å². The van der Waals surface area contributed by atoms with E-state index in [1.807, 2.05) is 0 Å². The molecule has 0 bridgehead atoms. The number of hydrogen-bond donors (Lipinski definition) is 1. The number of carbonyl (C=O) groups is 1. The summed E-state index contributed by atoms with van der Waals surface area (Å²) in [5, 5.41) is 9.04. The van der Waals surface area contributed by atoms with Crippen molar-refractivity contribution in [1.82, 2.24) is 4.90 Å². The highest BCUT2D eigenvalue weighted by molar-refractivity contribution is 6.54. The summed E-state index contributed by atoms with van der Waals surface area (Å²) in [7, 11) is -0.274. The molecular weight excluding hydrogens is 257 g/mol. The zero-order valence-electron chi connectivity index (χ0n) is 12.5. The van der Waals surface area contributed by atoms with E-state index in [1.165, 1.54) is 10.4 Å². The van der Waals surface area contributed by atoms with E-state index in [0.717, 1.165) is 6.42 Å². The highest BCUT2D eigenvalue weighted by atomic mass is 16.7. The molecule has 0 spiro atoms. The van der Waals surface area contributed by atoms with Gasteiger partial charge in [0.25, 0.3) is 0 Å². The molecule has 0 saturated carbocycles. The van der Waals surface area contributed by atoms with Crippen molar-refractivity contribution < 1.29 is 19.2 Å². The first-order valence-electron chi connectivity index (χ1n) is 7.24. The van der Waals surface area contributed by atoms with Gasteiger partial charge < -0.3 is 19.3 Å². The molecule has 2 aliphatic heterocycles. The highest BCUT2D eigenvalue weighted by Crippen LogP contribution is 2.44. The van der Waals surface area contributed by atoms with Crippen molar-refractivity contribution in [2.75, 3.05) is 13.1 Å². The minimum absolute atomic E-state index is 0.274. The molecule has 20 heavy (non-hydrogen) atoms. The monoisotopic (exact) mass is 279 g/mol. The Kier molecular flexibility index (Phi) is 2.96. The molecule has 0 aromatic heterocycles. The molecule has 2 unspecified atom stereocenters. The SMILES string of the molecule is CC1(C)OB(C2=CC3CN(C(=O)O)CC3C2)OC1(C)C. The van der Waals surface area contributed by atoms with E-state index >= 15 is 0 Å². The van der Waals surface area contributed by atoms with Gasteiger partial charge in [0.15, 0.2) is 0 Å². The van der Waals surface area contributed by atoms with E-state index < -0.39 is 6.09 Å². The van der Waals surface area contributed by atoms with Gasteiger partial charge in [0, 0.05) is 13.1 Å². The molecule has 0 radical (unpaired) electrons. The molecule has 2 atom stereocenters. The third-order valence-electron chi connectivity index (χ3n) is 5.24. The van der Waals surface area contributed by atoms with Crippen molar-refractivity contribution in [3.8, 4) is 0 Å². The standard InChI is InChI=1S/C14H22BNO4/c1-13(2)14(3,4)20-15(19-13)11-5-9-7-16(12(17)18)8-10(9)6-11/h5,9-10H,6-8H2,1-4H3,(H,17,18). The first kappa shape index (κ1) is 14.0. The molecule has 110 valence electrons. The Morgan fingerprint density at radius 1 is 1.30 bits per heavy atom. The van der Waals surface area contributed by atoms with Gasteiger partial charge in [0.1, 0.15) is 0 Å². The van der Waals surface area contributed by atoms with Crippen molar-refractivity contribution >= 4 is 13.2 Å². The van der Waals surface area contributed by atoms with Crippen LogP contribution in [0.15, 0.2) is 11.5 Å². The van der Waals surface area contributed by atoms with Crippen molar-refractivity contribution in [1.29, 1.82) is 0 Å². The molecule has 3 rings (SSSR count). The van der Waals surface area contributed by atoms with Gasteiger partial charge in [0.05, 0.1) is 11.2 Å². The minimum atomic E-state index is -0.815. The summed E-state index contributed by atoms with van der Waals surface area (Å²) >= 11 is 0. The summed E-state index contributed by atoms with van der Waals surface area (Å²) in [4.78, 5) is 12.5. The summed E-state index contributed by atoms with van der Waals surface area (Å²) < 4.78 is 12.1. The maximum atomic E-state index is 11.0. The van der Waals surface area contributed by atoms with Gasteiger partial charge in [-0.05, 0) is 51.4 Å². The van der Waals surface area contributed by atoms with Crippen molar-refractivity contribution in [2.45, 2.75) is 45.3 Å². The zero-order chi connectivity index (χ0) is 14.7. The Morgan fingerprint density at radius 3 is 2.40 bits per heavy atom. The number of allylic oxidation sites excluding steroid dienone is 1. The maximum absolute atomic E-state index is 11.0. The largest absolute Gasteiger partial charge is 0.490 e. The number of nitrogens with zero attached hydrogens (tertiary/aromatic N) is 1.